The van der Waals surface area contributed by atoms with E-state index in [-0.39, 0.29) is 17.5 Å². The van der Waals surface area contributed by atoms with E-state index in [1.807, 2.05) is 23.3 Å². The molecule has 5 rings (SSSR count). The number of hydrogen-bond acceptors (Lipinski definition) is 6. The van der Waals surface area contributed by atoms with Crippen LogP contribution in [0.5, 0.6) is 0 Å². The van der Waals surface area contributed by atoms with Crippen LogP contribution in [0.4, 0.5) is 5.69 Å². The quantitative estimate of drug-likeness (QED) is 0.370. The number of nitrogens with zero attached hydrogens (tertiary/aromatic N) is 4. The molecule has 0 radical (unpaired) electrons. The predicted octanol–water partition coefficient (Wildman–Crippen LogP) is 4.94. The first-order chi connectivity index (χ1) is 16.4. The van der Waals surface area contributed by atoms with Crippen LogP contribution in [0.2, 0.25) is 0 Å². The number of anilines is 1. The van der Waals surface area contributed by atoms with Crippen molar-refractivity contribution in [1.82, 2.24) is 14.5 Å². The van der Waals surface area contributed by atoms with Gasteiger partial charge in [0.2, 0.25) is 5.91 Å². The summed E-state index contributed by atoms with van der Waals surface area (Å²) in [6, 6.07) is 8.72. The van der Waals surface area contributed by atoms with E-state index < -0.39 is 0 Å². The van der Waals surface area contributed by atoms with E-state index in [1.165, 1.54) is 23.0 Å². The van der Waals surface area contributed by atoms with E-state index in [9.17, 15) is 9.59 Å². The summed E-state index contributed by atoms with van der Waals surface area (Å²) in [5.41, 5.74) is 3.59. The molecule has 0 atom stereocenters. The number of rotatable bonds is 5. The summed E-state index contributed by atoms with van der Waals surface area (Å²) >= 11 is 3.01. The number of carbonyl (C=O) groups is 1. The summed E-state index contributed by atoms with van der Waals surface area (Å²) in [6.07, 6.45) is 4.31. The fourth-order valence-corrected chi connectivity index (χ4v) is 7.17. The number of carbonyl (C=O) groups excluding carboxylic acids is 1. The number of benzene rings is 1. The fraction of sp³-hybridized carbons (Fsp3) is 0.500. The van der Waals surface area contributed by atoms with Crippen LogP contribution in [0.3, 0.4) is 0 Å². The first kappa shape index (κ1) is 23.4. The standard InChI is InChI=1S/C26H32N4O2S2/c1-17-7-6-10-21(15-17)28-11-13-29(14-12-28)22(31)16-33-26-27-24-23(18(2)19(3)34-24)25(32)30(26)20-8-4-5-9-20/h6-7,10,15,20H,4-5,8-9,11-14,16H2,1-3H3. The van der Waals surface area contributed by atoms with Gasteiger partial charge >= 0.3 is 0 Å². The van der Waals surface area contributed by atoms with Gasteiger partial charge in [-0.25, -0.2) is 4.98 Å². The van der Waals surface area contributed by atoms with Crippen LogP contribution in [0.1, 0.15) is 47.7 Å². The van der Waals surface area contributed by atoms with E-state index >= 15 is 0 Å². The molecule has 0 unspecified atom stereocenters. The second kappa shape index (κ2) is 9.74. The lowest BCUT2D eigenvalue weighted by molar-refractivity contribution is -0.128. The third kappa shape index (κ3) is 4.50. The van der Waals surface area contributed by atoms with E-state index in [1.54, 1.807) is 11.3 Å². The van der Waals surface area contributed by atoms with Crippen molar-refractivity contribution in [3.05, 3.63) is 50.6 Å². The number of hydrogen-bond donors (Lipinski definition) is 0. The van der Waals surface area contributed by atoms with Gasteiger partial charge in [-0.05, 0) is 56.9 Å². The Morgan fingerprint density at radius 2 is 1.85 bits per heavy atom. The molecule has 1 amide bonds. The highest BCUT2D eigenvalue weighted by Gasteiger charge is 2.26. The molecule has 180 valence electrons. The molecule has 3 heterocycles. The second-order valence-corrected chi connectivity index (χ2v) is 11.6. The molecule has 1 aliphatic carbocycles. The topological polar surface area (TPSA) is 58.4 Å². The zero-order valence-corrected chi connectivity index (χ0v) is 21.8. The zero-order chi connectivity index (χ0) is 23.8. The number of aryl methyl sites for hydroxylation is 3. The summed E-state index contributed by atoms with van der Waals surface area (Å²) in [7, 11) is 0. The number of aromatic nitrogens is 2. The minimum Gasteiger partial charge on any atom is -0.368 e. The van der Waals surface area contributed by atoms with Crippen LogP contribution in [0, 0.1) is 20.8 Å². The van der Waals surface area contributed by atoms with Gasteiger partial charge in [-0.1, -0.05) is 36.7 Å². The molecule has 3 aromatic rings. The summed E-state index contributed by atoms with van der Waals surface area (Å²) in [4.78, 5) is 37.8. The van der Waals surface area contributed by atoms with Crippen molar-refractivity contribution in [2.75, 3.05) is 36.8 Å². The molecule has 6 nitrogen and oxygen atoms in total. The van der Waals surface area contributed by atoms with Crippen LogP contribution >= 0.6 is 23.1 Å². The Balaban J connectivity index is 1.30. The number of fused-ring (bicyclic) bond motifs is 1. The molecule has 34 heavy (non-hydrogen) atoms. The first-order valence-corrected chi connectivity index (χ1v) is 14.0. The molecule has 1 saturated heterocycles. The van der Waals surface area contributed by atoms with E-state index in [0.29, 0.717) is 10.9 Å². The van der Waals surface area contributed by atoms with Crippen LogP contribution in [0.15, 0.2) is 34.2 Å². The van der Waals surface area contributed by atoms with Crippen molar-refractivity contribution in [2.45, 2.75) is 57.7 Å². The minimum atomic E-state index is 0.0699. The maximum atomic E-state index is 13.5. The first-order valence-electron chi connectivity index (χ1n) is 12.2. The van der Waals surface area contributed by atoms with Crippen molar-refractivity contribution in [3.63, 3.8) is 0 Å². The lowest BCUT2D eigenvalue weighted by Gasteiger charge is -2.36. The Bertz CT molecular complexity index is 1270. The van der Waals surface area contributed by atoms with Crippen molar-refractivity contribution >= 4 is 44.9 Å². The summed E-state index contributed by atoms with van der Waals surface area (Å²) in [6.45, 7) is 9.29. The van der Waals surface area contributed by atoms with Crippen LogP contribution in [0.25, 0.3) is 10.2 Å². The SMILES string of the molecule is Cc1cccc(N2CCN(C(=O)CSc3nc4sc(C)c(C)c4c(=O)n3C3CCCC3)CC2)c1. The number of thiophene rings is 1. The molecule has 1 aliphatic heterocycles. The molecule has 0 N–H and O–H groups in total. The lowest BCUT2D eigenvalue weighted by Crippen LogP contribution is -2.49. The highest BCUT2D eigenvalue weighted by atomic mass is 32.2. The van der Waals surface area contributed by atoms with Crippen molar-refractivity contribution in [2.24, 2.45) is 0 Å². The average Bonchev–Trinajstić information content (AvgIpc) is 3.46. The molecule has 2 aromatic heterocycles. The van der Waals surface area contributed by atoms with Crippen molar-refractivity contribution < 1.29 is 4.79 Å². The Kier molecular flexibility index (Phi) is 6.71. The smallest absolute Gasteiger partial charge is 0.263 e. The van der Waals surface area contributed by atoms with Crippen molar-refractivity contribution in [3.8, 4) is 0 Å². The second-order valence-electron chi connectivity index (χ2n) is 9.47. The number of piperazine rings is 1. The molecule has 1 saturated carbocycles. The van der Waals surface area contributed by atoms with Crippen LogP contribution in [-0.2, 0) is 4.79 Å². The fourth-order valence-electron chi connectivity index (χ4n) is 5.13. The van der Waals surface area contributed by atoms with Gasteiger partial charge in [0.05, 0.1) is 11.1 Å². The average molecular weight is 497 g/mol. The van der Waals surface area contributed by atoms with Gasteiger partial charge in [0.25, 0.3) is 5.56 Å². The van der Waals surface area contributed by atoms with E-state index in [0.717, 1.165) is 72.5 Å². The van der Waals surface area contributed by atoms with E-state index in [2.05, 4.69) is 36.1 Å². The minimum absolute atomic E-state index is 0.0699. The summed E-state index contributed by atoms with van der Waals surface area (Å²) in [5, 5.41) is 1.47. The van der Waals surface area contributed by atoms with Gasteiger partial charge in [-0.2, -0.15) is 0 Å². The predicted molar refractivity (Wildman–Crippen MR) is 142 cm³/mol. The Hall–Kier alpha value is -2.32. The molecule has 2 aliphatic rings. The maximum Gasteiger partial charge on any atom is 0.263 e. The van der Waals surface area contributed by atoms with Gasteiger partial charge < -0.3 is 9.80 Å². The van der Waals surface area contributed by atoms with Gasteiger partial charge in [0, 0.05) is 42.8 Å². The van der Waals surface area contributed by atoms with E-state index in [4.69, 9.17) is 4.98 Å². The highest BCUT2D eigenvalue weighted by molar-refractivity contribution is 7.99. The number of thioether (sulfide) groups is 1. The van der Waals surface area contributed by atoms with Crippen LogP contribution < -0.4 is 10.5 Å². The maximum absolute atomic E-state index is 13.5. The summed E-state index contributed by atoms with van der Waals surface area (Å²) < 4.78 is 1.90. The molecular formula is C26H32N4O2S2. The third-order valence-corrected chi connectivity index (χ3v) is 9.26. The molecule has 0 bridgehead atoms. The Labute approximate surface area is 209 Å². The highest BCUT2D eigenvalue weighted by Crippen LogP contribution is 2.34. The summed E-state index contributed by atoms with van der Waals surface area (Å²) in [5.74, 6) is 0.443. The molecule has 2 fully saturated rings. The van der Waals surface area contributed by atoms with Crippen LogP contribution in [-0.4, -0.2) is 52.3 Å². The number of amides is 1. The largest absolute Gasteiger partial charge is 0.368 e. The molecule has 8 heteroatoms. The Morgan fingerprint density at radius 3 is 2.56 bits per heavy atom. The monoisotopic (exact) mass is 496 g/mol. The molecule has 0 spiro atoms. The normalized spacial score (nSPS) is 17.1. The van der Waals surface area contributed by atoms with Crippen molar-refractivity contribution in [1.29, 1.82) is 0 Å². The zero-order valence-electron chi connectivity index (χ0n) is 20.2. The van der Waals surface area contributed by atoms with Gasteiger partial charge in [-0.3, -0.25) is 14.2 Å². The van der Waals surface area contributed by atoms with Gasteiger partial charge in [0.1, 0.15) is 4.83 Å². The Morgan fingerprint density at radius 1 is 1.12 bits per heavy atom. The lowest BCUT2D eigenvalue weighted by atomic mass is 10.2. The van der Waals surface area contributed by atoms with Gasteiger partial charge in [-0.15, -0.1) is 11.3 Å². The van der Waals surface area contributed by atoms with Gasteiger partial charge in [0.15, 0.2) is 5.16 Å². The third-order valence-electron chi connectivity index (χ3n) is 7.22. The molecular weight excluding hydrogens is 464 g/mol. The molecule has 1 aromatic carbocycles.